The second-order valence-electron chi connectivity index (χ2n) is 2.73. The number of hydrogen-bond donors (Lipinski definition) is 1. The van der Waals surface area contributed by atoms with Gasteiger partial charge in [-0.2, -0.15) is 0 Å². The van der Waals surface area contributed by atoms with Gasteiger partial charge in [0.2, 0.25) is 0 Å². The highest BCUT2D eigenvalue weighted by atomic mass is 16.5. The normalized spacial score (nSPS) is 17.6. The number of nitrogens with zero attached hydrogens (tertiary/aromatic N) is 1. The molecule has 0 aliphatic carbocycles. The van der Waals surface area contributed by atoms with Gasteiger partial charge in [-0.1, -0.05) is 0 Å². The van der Waals surface area contributed by atoms with E-state index in [9.17, 15) is 4.79 Å². The molecule has 0 spiro atoms. The number of hydrogen-bond acceptors (Lipinski definition) is 3. The molecule has 1 aliphatic rings. The number of likely N-dealkylation sites (tertiary alicyclic amines) is 1. The van der Waals surface area contributed by atoms with E-state index in [0.717, 1.165) is 0 Å². The maximum atomic E-state index is 10.5. The zero-order valence-corrected chi connectivity index (χ0v) is 7.16. The number of carbonyl (C=O) groups is 1. The van der Waals surface area contributed by atoms with Crippen LogP contribution in [0.15, 0.2) is 0 Å². The van der Waals surface area contributed by atoms with Gasteiger partial charge in [-0.05, 0) is 0 Å². The standard InChI is InChI=1S/C7H14N2O3/c1-11-2-3-12-6-4-9(5-6)7(8)10/h6H,2-5H2,1H3,(H2,8,10). The molecule has 2 N–H and O–H groups in total. The minimum absolute atomic E-state index is 0.146. The van der Waals surface area contributed by atoms with E-state index in [1.54, 1.807) is 7.11 Å². The number of nitrogens with two attached hydrogens (primary N) is 1. The first-order chi connectivity index (χ1) is 5.74. The zero-order valence-electron chi connectivity index (χ0n) is 7.16. The quantitative estimate of drug-likeness (QED) is 0.579. The molecule has 12 heavy (non-hydrogen) atoms. The van der Waals surface area contributed by atoms with Crippen molar-refractivity contribution in [3.63, 3.8) is 0 Å². The average molecular weight is 174 g/mol. The van der Waals surface area contributed by atoms with Gasteiger partial charge in [-0.3, -0.25) is 0 Å². The summed E-state index contributed by atoms with van der Waals surface area (Å²) >= 11 is 0. The minimum Gasteiger partial charge on any atom is -0.382 e. The van der Waals surface area contributed by atoms with Crippen molar-refractivity contribution in [3.8, 4) is 0 Å². The molecule has 5 heteroatoms. The molecule has 0 saturated carbocycles. The molecule has 0 atom stereocenters. The summed E-state index contributed by atoms with van der Waals surface area (Å²) in [4.78, 5) is 12.1. The lowest BCUT2D eigenvalue weighted by Gasteiger charge is -2.37. The van der Waals surface area contributed by atoms with E-state index < -0.39 is 0 Å². The fraction of sp³-hybridized carbons (Fsp3) is 0.857. The molecule has 0 aromatic rings. The number of carbonyl (C=O) groups excluding carboxylic acids is 1. The Balaban J connectivity index is 1.98. The molecule has 0 bridgehead atoms. The largest absolute Gasteiger partial charge is 0.382 e. The number of ether oxygens (including phenoxy) is 2. The van der Waals surface area contributed by atoms with Gasteiger partial charge in [0, 0.05) is 7.11 Å². The Morgan fingerprint density at radius 1 is 1.58 bits per heavy atom. The third-order valence-corrected chi connectivity index (χ3v) is 1.80. The predicted octanol–water partition coefficient (Wildman–Crippen LogP) is -0.588. The van der Waals surface area contributed by atoms with E-state index in [2.05, 4.69) is 0 Å². The molecule has 1 heterocycles. The lowest BCUT2D eigenvalue weighted by atomic mass is 10.2. The Hall–Kier alpha value is -0.810. The number of rotatable bonds is 4. The highest BCUT2D eigenvalue weighted by Gasteiger charge is 2.29. The van der Waals surface area contributed by atoms with Crippen molar-refractivity contribution in [2.75, 3.05) is 33.4 Å². The monoisotopic (exact) mass is 174 g/mol. The molecular weight excluding hydrogens is 160 g/mol. The van der Waals surface area contributed by atoms with Crippen molar-refractivity contribution in [1.82, 2.24) is 4.90 Å². The predicted molar refractivity (Wildman–Crippen MR) is 42.8 cm³/mol. The average Bonchev–Trinajstić information content (AvgIpc) is 1.93. The van der Waals surface area contributed by atoms with Crippen LogP contribution in [0.1, 0.15) is 0 Å². The first-order valence-electron chi connectivity index (χ1n) is 3.89. The van der Waals surface area contributed by atoms with Gasteiger partial charge in [0.05, 0.1) is 32.4 Å². The molecule has 1 saturated heterocycles. The Kier molecular flexibility index (Phi) is 3.31. The van der Waals surface area contributed by atoms with Crippen LogP contribution in [0.5, 0.6) is 0 Å². The van der Waals surface area contributed by atoms with Crippen LogP contribution in [0.2, 0.25) is 0 Å². The van der Waals surface area contributed by atoms with E-state index in [4.69, 9.17) is 15.2 Å². The van der Waals surface area contributed by atoms with Crippen LogP contribution in [-0.4, -0.2) is 50.4 Å². The Morgan fingerprint density at radius 3 is 2.75 bits per heavy atom. The number of primary amides is 1. The van der Waals surface area contributed by atoms with Crippen LogP contribution >= 0.6 is 0 Å². The van der Waals surface area contributed by atoms with Crippen molar-refractivity contribution in [3.05, 3.63) is 0 Å². The lowest BCUT2D eigenvalue weighted by molar-refractivity contribution is -0.0492. The molecular formula is C7H14N2O3. The molecule has 0 aromatic heterocycles. The van der Waals surface area contributed by atoms with Gasteiger partial charge in [0.1, 0.15) is 0 Å². The molecule has 2 amide bonds. The Morgan fingerprint density at radius 2 is 2.25 bits per heavy atom. The molecule has 1 fully saturated rings. The van der Waals surface area contributed by atoms with Gasteiger partial charge in [0.25, 0.3) is 0 Å². The van der Waals surface area contributed by atoms with Gasteiger partial charge >= 0.3 is 6.03 Å². The number of methoxy groups -OCH3 is 1. The minimum atomic E-state index is -0.374. The molecule has 0 unspecified atom stereocenters. The van der Waals surface area contributed by atoms with Crippen molar-refractivity contribution in [1.29, 1.82) is 0 Å². The summed E-state index contributed by atoms with van der Waals surface area (Å²) in [5.41, 5.74) is 5.02. The van der Waals surface area contributed by atoms with Crippen LogP contribution in [0.25, 0.3) is 0 Å². The van der Waals surface area contributed by atoms with E-state index in [1.807, 2.05) is 0 Å². The number of amides is 2. The van der Waals surface area contributed by atoms with Gasteiger partial charge in [0.15, 0.2) is 0 Å². The van der Waals surface area contributed by atoms with Crippen molar-refractivity contribution in [2.45, 2.75) is 6.10 Å². The van der Waals surface area contributed by atoms with Gasteiger partial charge in [-0.25, -0.2) is 4.79 Å². The van der Waals surface area contributed by atoms with E-state index in [0.29, 0.717) is 26.3 Å². The summed E-state index contributed by atoms with van der Waals surface area (Å²) in [6, 6.07) is -0.374. The van der Waals surface area contributed by atoms with Crippen molar-refractivity contribution < 1.29 is 14.3 Å². The third-order valence-electron chi connectivity index (χ3n) is 1.80. The van der Waals surface area contributed by atoms with Crippen LogP contribution in [-0.2, 0) is 9.47 Å². The van der Waals surface area contributed by atoms with Crippen LogP contribution < -0.4 is 5.73 Å². The highest BCUT2D eigenvalue weighted by Crippen LogP contribution is 2.10. The first kappa shape index (κ1) is 9.28. The van der Waals surface area contributed by atoms with Gasteiger partial charge in [-0.15, -0.1) is 0 Å². The van der Waals surface area contributed by atoms with E-state index in [-0.39, 0.29) is 12.1 Å². The molecule has 0 aromatic carbocycles. The summed E-state index contributed by atoms with van der Waals surface area (Å²) in [7, 11) is 1.62. The maximum Gasteiger partial charge on any atom is 0.314 e. The highest BCUT2D eigenvalue weighted by molar-refractivity contribution is 5.73. The van der Waals surface area contributed by atoms with Crippen LogP contribution in [0, 0.1) is 0 Å². The van der Waals surface area contributed by atoms with Crippen LogP contribution in [0.4, 0.5) is 4.79 Å². The smallest absolute Gasteiger partial charge is 0.314 e. The molecule has 1 rings (SSSR count). The third kappa shape index (κ3) is 2.35. The van der Waals surface area contributed by atoms with Gasteiger partial charge < -0.3 is 20.1 Å². The summed E-state index contributed by atoms with van der Waals surface area (Å²) in [6.45, 7) is 2.39. The second-order valence-corrected chi connectivity index (χ2v) is 2.73. The molecule has 5 nitrogen and oxygen atoms in total. The Labute approximate surface area is 71.4 Å². The summed E-state index contributed by atoms with van der Waals surface area (Å²) in [5, 5.41) is 0. The Bertz CT molecular complexity index is 157. The van der Waals surface area contributed by atoms with Crippen LogP contribution in [0.3, 0.4) is 0 Å². The van der Waals surface area contributed by atoms with Crippen molar-refractivity contribution >= 4 is 6.03 Å². The molecule has 1 aliphatic heterocycles. The summed E-state index contributed by atoms with van der Waals surface area (Å²) in [6.07, 6.45) is 0.146. The molecule has 70 valence electrons. The second kappa shape index (κ2) is 4.27. The fourth-order valence-corrected chi connectivity index (χ4v) is 1.02. The van der Waals surface area contributed by atoms with Crippen molar-refractivity contribution in [2.24, 2.45) is 5.73 Å². The SMILES string of the molecule is COCCOC1CN(C(N)=O)C1. The summed E-state index contributed by atoms with van der Waals surface area (Å²) < 4.78 is 10.1. The topological polar surface area (TPSA) is 64.8 Å². The molecule has 0 radical (unpaired) electrons. The maximum absolute atomic E-state index is 10.5. The number of urea groups is 1. The fourth-order valence-electron chi connectivity index (χ4n) is 1.02. The van der Waals surface area contributed by atoms with E-state index >= 15 is 0 Å². The first-order valence-corrected chi connectivity index (χ1v) is 3.89. The summed E-state index contributed by atoms with van der Waals surface area (Å²) in [5.74, 6) is 0. The zero-order chi connectivity index (χ0) is 8.97. The lowest BCUT2D eigenvalue weighted by Crippen LogP contribution is -2.56. The van der Waals surface area contributed by atoms with E-state index in [1.165, 1.54) is 4.90 Å².